The number of carbonyl (C=O) groups is 2. The molecule has 2 aromatic rings. The monoisotopic (exact) mass is 313 g/mol. The van der Waals surface area contributed by atoms with E-state index in [4.69, 9.17) is 5.26 Å². The highest BCUT2D eigenvalue weighted by molar-refractivity contribution is 7.12. The summed E-state index contributed by atoms with van der Waals surface area (Å²) >= 11 is 1.39. The molecule has 5 nitrogen and oxygen atoms in total. The van der Waals surface area contributed by atoms with Crippen LogP contribution in [0.3, 0.4) is 0 Å². The Bertz CT molecular complexity index is 672. The highest BCUT2D eigenvalue weighted by Crippen LogP contribution is 2.10. The third-order valence-electron chi connectivity index (χ3n) is 2.91. The molecule has 0 atom stereocenters. The summed E-state index contributed by atoms with van der Waals surface area (Å²) in [5.74, 6) is -0.224. The fraction of sp³-hybridized carbons (Fsp3) is 0.188. The molecule has 0 fully saturated rings. The maximum Gasteiger partial charge on any atom is 0.261 e. The number of thiophene rings is 1. The number of rotatable bonds is 6. The molecular weight excluding hydrogens is 298 g/mol. The first kappa shape index (κ1) is 15.7. The molecule has 112 valence electrons. The fourth-order valence-electron chi connectivity index (χ4n) is 1.80. The van der Waals surface area contributed by atoms with E-state index in [2.05, 4.69) is 10.6 Å². The van der Waals surface area contributed by atoms with E-state index in [0.717, 1.165) is 0 Å². The minimum atomic E-state index is -0.116. The molecule has 0 aliphatic rings. The lowest BCUT2D eigenvalue weighted by molar-refractivity contribution is -0.116. The van der Waals surface area contributed by atoms with Crippen molar-refractivity contribution in [2.24, 2.45) is 0 Å². The van der Waals surface area contributed by atoms with Crippen LogP contribution in [0.4, 0.5) is 5.69 Å². The second kappa shape index (κ2) is 7.96. The maximum absolute atomic E-state index is 11.8. The number of anilines is 1. The van der Waals surface area contributed by atoms with Crippen LogP contribution in [-0.4, -0.2) is 18.4 Å². The molecule has 0 saturated carbocycles. The number of amides is 2. The van der Waals surface area contributed by atoms with Crippen LogP contribution in [0.15, 0.2) is 41.8 Å². The number of nitriles is 1. The molecule has 2 rings (SSSR count). The zero-order valence-electron chi connectivity index (χ0n) is 11.8. The average molecular weight is 313 g/mol. The molecule has 1 aromatic heterocycles. The predicted octanol–water partition coefficient (Wildman–Crippen LogP) is 2.77. The summed E-state index contributed by atoms with van der Waals surface area (Å²) in [7, 11) is 0. The molecule has 0 radical (unpaired) electrons. The van der Waals surface area contributed by atoms with Crippen LogP contribution in [-0.2, 0) is 4.79 Å². The molecule has 1 aromatic carbocycles. The van der Waals surface area contributed by atoms with Crippen LogP contribution < -0.4 is 10.6 Å². The Morgan fingerprint density at radius 3 is 2.59 bits per heavy atom. The third-order valence-corrected chi connectivity index (χ3v) is 3.78. The first-order chi connectivity index (χ1) is 10.7. The summed E-state index contributed by atoms with van der Waals surface area (Å²) in [6.45, 7) is 0.456. The second-order valence-electron chi connectivity index (χ2n) is 4.57. The number of hydrogen-bond donors (Lipinski definition) is 2. The van der Waals surface area contributed by atoms with Crippen molar-refractivity contribution >= 4 is 28.8 Å². The van der Waals surface area contributed by atoms with Gasteiger partial charge in [-0.15, -0.1) is 11.3 Å². The third kappa shape index (κ3) is 4.72. The van der Waals surface area contributed by atoms with Gasteiger partial charge in [-0.25, -0.2) is 0 Å². The first-order valence-corrected chi connectivity index (χ1v) is 7.69. The Kier molecular flexibility index (Phi) is 5.69. The Labute approximate surface area is 132 Å². The van der Waals surface area contributed by atoms with Crippen molar-refractivity contribution in [1.29, 1.82) is 5.26 Å². The molecule has 0 aliphatic heterocycles. The van der Waals surface area contributed by atoms with Gasteiger partial charge in [-0.3, -0.25) is 9.59 Å². The lowest BCUT2D eigenvalue weighted by Crippen LogP contribution is -2.24. The van der Waals surface area contributed by atoms with Gasteiger partial charge in [0.2, 0.25) is 5.91 Å². The normalized spacial score (nSPS) is 9.77. The van der Waals surface area contributed by atoms with Gasteiger partial charge in [0, 0.05) is 18.7 Å². The lowest BCUT2D eigenvalue weighted by Gasteiger charge is -2.06. The van der Waals surface area contributed by atoms with Gasteiger partial charge in [0.25, 0.3) is 5.91 Å². The summed E-state index contributed by atoms with van der Waals surface area (Å²) in [6.07, 6.45) is 0.893. The Morgan fingerprint density at radius 1 is 1.18 bits per heavy atom. The summed E-state index contributed by atoms with van der Waals surface area (Å²) in [5.41, 5.74) is 1.21. The molecular formula is C16H15N3O2S. The quantitative estimate of drug-likeness (QED) is 0.805. The van der Waals surface area contributed by atoms with Crippen molar-refractivity contribution in [2.45, 2.75) is 12.8 Å². The van der Waals surface area contributed by atoms with Gasteiger partial charge in [-0.1, -0.05) is 6.07 Å². The Balaban J connectivity index is 1.67. The van der Waals surface area contributed by atoms with E-state index in [-0.39, 0.29) is 11.8 Å². The molecule has 0 bridgehead atoms. The molecule has 6 heteroatoms. The predicted molar refractivity (Wildman–Crippen MR) is 85.7 cm³/mol. The van der Waals surface area contributed by atoms with Crippen LogP contribution in [0, 0.1) is 11.3 Å². The second-order valence-corrected chi connectivity index (χ2v) is 5.52. The Hall–Kier alpha value is -2.65. The van der Waals surface area contributed by atoms with Gasteiger partial charge >= 0.3 is 0 Å². The Morgan fingerprint density at radius 2 is 1.95 bits per heavy atom. The summed E-state index contributed by atoms with van der Waals surface area (Å²) in [5, 5.41) is 16.1. The number of nitrogens with one attached hydrogen (secondary N) is 2. The van der Waals surface area contributed by atoms with Crippen LogP contribution in [0.2, 0.25) is 0 Å². The maximum atomic E-state index is 11.8. The van der Waals surface area contributed by atoms with Crippen molar-refractivity contribution < 1.29 is 9.59 Å². The fourth-order valence-corrected chi connectivity index (χ4v) is 2.44. The molecule has 0 aliphatic carbocycles. The van der Waals surface area contributed by atoms with Crippen molar-refractivity contribution in [3.8, 4) is 6.07 Å². The molecule has 22 heavy (non-hydrogen) atoms. The minimum Gasteiger partial charge on any atom is -0.351 e. The molecule has 0 spiro atoms. The van der Waals surface area contributed by atoms with E-state index in [1.165, 1.54) is 11.3 Å². The highest BCUT2D eigenvalue weighted by atomic mass is 32.1. The SMILES string of the molecule is N#Cc1ccc(NC(=O)CCCNC(=O)c2cccs2)cc1. The lowest BCUT2D eigenvalue weighted by atomic mass is 10.2. The van der Waals surface area contributed by atoms with E-state index in [9.17, 15) is 9.59 Å². The van der Waals surface area contributed by atoms with Crippen molar-refractivity contribution in [3.05, 3.63) is 52.2 Å². The molecule has 1 heterocycles. The standard InChI is InChI=1S/C16H15N3O2S/c17-11-12-5-7-13(8-6-12)19-15(20)4-1-9-18-16(21)14-3-2-10-22-14/h2-3,5-8,10H,1,4,9H2,(H,18,21)(H,19,20). The number of hydrogen-bond acceptors (Lipinski definition) is 4. The first-order valence-electron chi connectivity index (χ1n) is 6.81. The number of carbonyl (C=O) groups excluding carboxylic acids is 2. The van der Waals surface area contributed by atoms with Gasteiger partial charge < -0.3 is 10.6 Å². The summed E-state index contributed by atoms with van der Waals surface area (Å²) in [4.78, 5) is 24.1. The number of benzene rings is 1. The van der Waals surface area contributed by atoms with Gasteiger partial charge in [0.05, 0.1) is 16.5 Å². The molecule has 2 N–H and O–H groups in total. The van der Waals surface area contributed by atoms with Crippen molar-refractivity contribution in [1.82, 2.24) is 5.32 Å². The summed E-state index contributed by atoms with van der Waals surface area (Å²) < 4.78 is 0. The van der Waals surface area contributed by atoms with Crippen LogP contribution in [0.5, 0.6) is 0 Å². The van der Waals surface area contributed by atoms with Crippen molar-refractivity contribution in [2.75, 3.05) is 11.9 Å². The van der Waals surface area contributed by atoms with E-state index in [1.807, 2.05) is 17.5 Å². The van der Waals surface area contributed by atoms with Gasteiger partial charge in [-0.05, 0) is 42.1 Å². The van der Waals surface area contributed by atoms with E-state index >= 15 is 0 Å². The van der Waals surface area contributed by atoms with Gasteiger partial charge in [0.15, 0.2) is 0 Å². The minimum absolute atomic E-state index is 0.109. The molecule has 0 saturated heterocycles. The average Bonchev–Trinajstić information content (AvgIpc) is 3.06. The largest absolute Gasteiger partial charge is 0.351 e. The van der Waals surface area contributed by atoms with E-state index < -0.39 is 0 Å². The number of nitrogens with zero attached hydrogens (tertiary/aromatic N) is 1. The van der Waals surface area contributed by atoms with Crippen LogP contribution in [0.1, 0.15) is 28.1 Å². The van der Waals surface area contributed by atoms with E-state index in [0.29, 0.717) is 35.5 Å². The highest BCUT2D eigenvalue weighted by Gasteiger charge is 2.06. The smallest absolute Gasteiger partial charge is 0.261 e. The van der Waals surface area contributed by atoms with Gasteiger partial charge in [0.1, 0.15) is 0 Å². The van der Waals surface area contributed by atoms with Crippen LogP contribution >= 0.6 is 11.3 Å². The zero-order chi connectivity index (χ0) is 15.8. The zero-order valence-corrected chi connectivity index (χ0v) is 12.7. The topological polar surface area (TPSA) is 82.0 Å². The van der Waals surface area contributed by atoms with E-state index in [1.54, 1.807) is 30.3 Å². The molecule has 0 unspecified atom stereocenters. The van der Waals surface area contributed by atoms with Gasteiger partial charge in [-0.2, -0.15) is 5.26 Å². The summed E-state index contributed by atoms with van der Waals surface area (Å²) in [6, 6.07) is 12.3. The van der Waals surface area contributed by atoms with Crippen molar-refractivity contribution in [3.63, 3.8) is 0 Å². The molecule has 2 amide bonds. The van der Waals surface area contributed by atoms with Crippen LogP contribution in [0.25, 0.3) is 0 Å².